The van der Waals surface area contributed by atoms with E-state index in [1.807, 2.05) is 24.3 Å². The molecule has 0 atom stereocenters. The van der Waals surface area contributed by atoms with Crippen LogP contribution in [0, 0.1) is 0 Å². The first kappa shape index (κ1) is 11.3. The standard InChI is InChI=1S/C11H9BrN2OS/c12-5-8-1-3-9(4-2-8)14-11(15)10-6-16-7-13-10/h1-4,6-7H,5H2,(H,14,15). The molecule has 2 aromatic rings. The number of benzene rings is 1. The lowest BCUT2D eigenvalue weighted by atomic mass is 10.2. The summed E-state index contributed by atoms with van der Waals surface area (Å²) in [5.74, 6) is -0.173. The highest BCUT2D eigenvalue weighted by atomic mass is 79.9. The Morgan fingerprint density at radius 3 is 2.69 bits per heavy atom. The SMILES string of the molecule is O=C(Nc1ccc(CBr)cc1)c1cscn1. The fraction of sp³-hybridized carbons (Fsp3) is 0.0909. The van der Waals surface area contributed by atoms with Crippen LogP contribution < -0.4 is 5.32 Å². The second kappa shape index (κ2) is 5.23. The van der Waals surface area contributed by atoms with Gasteiger partial charge < -0.3 is 5.32 Å². The molecular formula is C11H9BrN2OS. The summed E-state index contributed by atoms with van der Waals surface area (Å²) in [5.41, 5.74) is 4.05. The Morgan fingerprint density at radius 2 is 2.12 bits per heavy atom. The monoisotopic (exact) mass is 296 g/mol. The first-order chi connectivity index (χ1) is 7.79. The number of rotatable bonds is 3. The molecule has 3 nitrogen and oxygen atoms in total. The highest BCUT2D eigenvalue weighted by Gasteiger charge is 2.07. The number of halogens is 1. The van der Waals surface area contributed by atoms with Crippen LogP contribution in [0.15, 0.2) is 35.2 Å². The first-order valence-corrected chi connectivity index (χ1v) is 6.70. The third kappa shape index (κ3) is 2.68. The van der Waals surface area contributed by atoms with E-state index in [0.717, 1.165) is 11.0 Å². The van der Waals surface area contributed by atoms with Crippen LogP contribution in [-0.2, 0) is 5.33 Å². The summed E-state index contributed by atoms with van der Waals surface area (Å²) >= 11 is 4.77. The number of carbonyl (C=O) groups excluding carboxylic acids is 1. The lowest BCUT2D eigenvalue weighted by Crippen LogP contribution is -2.11. The molecule has 1 N–H and O–H groups in total. The molecule has 0 saturated carbocycles. The van der Waals surface area contributed by atoms with Crippen LogP contribution in [0.4, 0.5) is 5.69 Å². The zero-order valence-corrected chi connectivity index (χ0v) is 10.7. The number of aromatic nitrogens is 1. The maximum atomic E-state index is 11.7. The minimum Gasteiger partial charge on any atom is -0.321 e. The van der Waals surface area contributed by atoms with Gasteiger partial charge in [0.15, 0.2) is 0 Å². The Morgan fingerprint density at radius 1 is 1.38 bits per heavy atom. The van der Waals surface area contributed by atoms with Crippen LogP contribution in [0.3, 0.4) is 0 Å². The Bertz CT molecular complexity index is 467. The molecule has 0 spiro atoms. The Balaban J connectivity index is 2.06. The van der Waals surface area contributed by atoms with Crippen molar-refractivity contribution in [2.24, 2.45) is 0 Å². The predicted octanol–water partition coefficient (Wildman–Crippen LogP) is 3.29. The van der Waals surface area contributed by atoms with Gasteiger partial charge in [0.2, 0.25) is 0 Å². The van der Waals surface area contributed by atoms with Gasteiger partial charge in [-0.3, -0.25) is 4.79 Å². The molecule has 0 aliphatic heterocycles. The van der Waals surface area contributed by atoms with Gasteiger partial charge in [-0.2, -0.15) is 0 Å². The molecular weight excluding hydrogens is 288 g/mol. The molecule has 1 aromatic heterocycles. The summed E-state index contributed by atoms with van der Waals surface area (Å²) in [4.78, 5) is 15.6. The zero-order chi connectivity index (χ0) is 11.4. The van der Waals surface area contributed by atoms with Crippen molar-refractivity contribution in [3.63, 3.8) is 0 Å². The number of carbonyl (C=O) groups is 1. The topological polar surface area (TPSA) is 42.0 Å². The molecule has 1 amide bonds. The van der Waals surface area contributed by atoms with Crippen LogP contribution in [0.25, 0.3) is 0 Å². The number of amides is 1. The highest BCUT2D eigenvalue weighted by Crippen LogP contribution is 2.13. The van der Waals surface area contributed by atoms with Crippen LogP contribution in [-0.4, -0.2) is 10.9 Å². The molecule has 5 heteroatoms. The number of alkyl halides is 1. The Hall–Kier alpha value is -1.20. The second-order valence-corrected chi connectivity index (χ2v) is 4.44. The van der Waals surface area contributed by atoms with E-state index < -0.39 is 0 Å². The van der Waals surface area contributed by atoms with Gasteiger partial charge in [0.05, 0.1) is 5.51 Å². The van der Waals surface area contributed by atoms with E-state index in [-0.39, 0.29) is 5.91 Å². The number of anilines is 1. The van der Waals surface area contributed by atoms with Crippen molar-refractivity contribution in [1.82, 2.24) is 4.98 Å². The molecule has 2 rings (SSSR count). The number of nitrogens with zero attached hydrogens (tertiary/aromatic N) is 1. The van der Waals surface area contributed by atoms with Gasteiger partial charge in [-0.15, -0.1) is 11.3 Å². The minimum atomic E-state index is -0.173. The second-order valence-electron chi connectivity index (χ2n) is 3.16. The number of hydrogen-bond donors (Lipinski definition) is 1. The molecule has 0 bridgehead atoms. The Labute approximate surface area is 106 Å². The largest absolute Gasteiger partial charge is 0.321 e. The average molecular weight is 297 g/mol. The predicted molar refractivity (Wildman–Crippen MR) is 69.1 cm³/mol. The molecule has 0 unspecified atom stereocenters. The maximum Gasteiger partial charge on any atom is 0.275 e. The fourth-order valence-corrected chi connectivity index (χ4v) is 2.10. The molecule has 1 aromatic carbocycles. The lowest BCUT2D eigenvalue weighted by Gasteiger charge is -2.03. The van der Waals surface area contributed by atoms with Crippen molar-refractivity contribution in [2.45, 2.75) is 5.33 Å². The van der Waals surface area contributed by atoms with Gasteiger partial charge in [-0.25, -0.2) is 4.98 Å². The number of nitrogens with one attached hydrogen (secondary N) is 1. The average Bonchev–Trinajstić information content (AvgIpc) is 2.83. The summed E-state index contributed by atoms with van der Waals surface area (Å²) in [6.07, 6.45) is 0. The summed E-state index contributed by atoms with van der Waals surface area (Å²) < 4.78 is 0. The minimum absolute atomic E-state index is 0.173. The van der Waals surface area contributed by atoms with Gasteiger partial charge in [-0.1, -0.05) is 28.1 Å². The van der Waals surface area contributed by atoms with Crippen LogP contribution in [0.1, 0.15) is 16.1 Å². The van der Waals surface area contributed by atoms with Crippen molar-refractivity contribution < 1.29 is 4.79 Å². The molecule has 1 heterocycles. The quantitative estimate of drug-likeness (QED) is 0.883. The molecule has 0 fully saturated rings. The van der Waals surface area contributed by atoms with Crippen molar-refractivity contribution in [3.05, 3.63) is 46.4 Å². The van der Waals surface area contributed by atoms with Gasteiger partial charge in [0.25, 0.3) is 5.91 Å². The van der Waals surface area contributed by atoms with Crippen LogP contribution >= 0.6 is 27.3 Å². The highest BCUT2D eigenvalue weighted by molar-refractivity contribution is 9.08. The molecule has 82 valence electrons. The van der Waals surface area contributed by atoms with E-state index >= 15 is 0 Å². The van der Waals surface area contributed by atoms with E-state index in [1.165, 1.54) is 16.9 Å². The van der Waals surface area contributed by atoms with Crippen molar-refractivity contribution >= 4 is 38.9 Å². The normalized spacial score (nSPS) is 10.1. The van der Waals surface area contributed by atoms with Crippen molar-refractivity contribution in [3.8, 4) is 0 Å². The summed E-state index contributed by atoms with van der Waals surface area (Å²) in [6, 6.07) is 7.68. The van der Waals surface area contributed by atoms with Crippen molar-refractivity contribution in [1.29, 1.82) is 0 Å². The number of thiazole rings is 1. The summed E-state index contributed by atoms with van der Waals surface area (Å²) in [6.45, 7) is 0. The first-order valence-electron chi connectivity index (χ1n) is 4.64. The molecule has 0 aliphatic rings. The smallest absolute Gasteiger partial charge is 0.275 e. The van der Waals surface area contributed by atoms with E-state index in [2.05, 4.69) is 26.2 Å². The van der Waals surface area contributed by atoms with Gasteiger partial charge in [-0.05, 0) is 17.7 Å². The zero-order valence-electron chi connectivity index (χ0n) is 8.31. The lowest BCUT2D eigenvalue weighted by molar-refractivity contribution is 0.102. The molecule has 0 radical (unpaired) electrons. The van der Waals surface area contributed by atoms with E-state index in [1.54, 1.807) is 10.9 Å². The van der Waals surface area contributed by atoms with Gasteiger partial charge in [0.1, 0.15) is 5.69 Å². The number of hydrogen-bond acceptors (Lipinski definition) is 3. The third-order valence-corrected chi connectivity index (χ3v) is 3.27. The van der Waals surface area contributed by atoms with Gasteiger partial charge in [0, 0.05) is 16.4 Å². The van der Waals surface area contributed by atoms with E-state index in [4.69, 9.17) is 0 Å². The van der Waals surface area contributed by atoms with Crippen LogP contribution in [0.5, 0.6) is 0 Å². The molecule has 16 heavy (non-hydrogen) atoms. The summed E-state index contributed by atoms with van der Waals surface area (Å²) in [5, 5.41) is 5.32. The maximum absolute atomic E-state index is 11.7. The fourth-order valence-electron chi connectivity index (χ4n) is 1.20. The van der Waals surface area contributed by atoms with E-state index in [9.17, 15) is 4.79 Å². The Kier molecular flexibility index (Phi) is 3.69. The van der Waals surface area contributed by atoms with Crippen molar-refractivity contribution in [2.75, 3.05) is 5.32 Å². The molecule has 0 aliphatic carbocycles. The molecule has 0 saturated heterocycles. The van der Waals surface area contributed by atoms with Gasteiger partial charge >= 0.3 is 0 Å². The summed E-state index contributed by atoms with van der Waals surface area (Å²) in [7, 11) is 0. The van der Waals surface area contributed by atoms with Crippen LogP contribution in [0.2, 0.25) is 0 Å². The third-order valence-electron chi connectivity index (χ3n) is 2.03. The van der Waals surface area contributed by atoms with E-state index in [0.29, 0.717) is 5.69 Å².